The highest BCUT2D eigenvalue weighted by Gasteiger charge is 2.06. The molecule has 0 saturated carbocycles. The number of hydrogen-bond acceptors (Lipinski definition) is 3. The highest BCUT2D eigenvalue weighted by atomic mass is 16.5. The Balaban J connectivity index is 1.80. The normalized spacial score (nSPS) is 12.3. The van der Waals surface area contributed by atoms with Crippen LogP contribution in [0.5, 0.6) is 11.5 Å². The van der Waals surface area contributed by atoms with Gasteiger partial charge in [-0.05, 0) is 55.0 Å². The fourth-order valence-electron chi connectivity index (χ4n) is 2.58. The summed E-state index contributed by atoms with van der Waals surface area (Å²) in [5, 5.41) is 3.43. The fraction of sp³-hybridized carbons (Fsp3) is 0.478. The first-order valence-corrected chi connectivity index (χ1v) is 9.67. The third-order valence-corrected chi connectivity index (χ3v) is 4.28. The first kappa shape index (κ1) is 20.2. The van der Waals surface area contributed by atoms with Crippen molar-refractivity contribution in [2.75, 3.05) is 18.5 Å². The number of ether oxygens (including phenoxy) is 2. The van der Waals surface area contributed by atoms with Gasteiger partial charge in [0.05, 0.1) is 13.2 Å². The lowest BCUT2D eigenvalue weighted by atomic mass is 10.0. The Kier molecular flexibility index (Phi) is 7.83. The van der Waals surface area contributed by atoms with Gasteiger partial charge in [-0.25, -0.2) is 0 Å². The Morgan fingerprint density at radius 2 is 1.62 bits per heavy atom. The summed E-state index contributed by atoms with van der Waals surface area (Å²) >= 11 is 0. The van der Waals surface area contributed by atoms with Crippen LogP contribution in [0.25, 0.3) is 0 Å². The molecule has 0 radical (unpaired) electrons. The van der Waals surface area contributed by atoms with Crippen LogP contribution in [-0.2, 0) is 0 Å². The number of anilines is 1. The van der Waals surface area contributed by atoms with Crippen LogP contribution < -0.4 is 14.8 Å². The second kappa shape index (κ2) is 10.1. The van der Waals surface area contributed by atoms with Gasteiger partial charge in [-0.15, -0.1) is 0 Å². The van der Waals surface area contributed by atoms with E-state index < -0.39 is 0 Å². The molecule has 1 N–H and O–H groups in total. The van der Waals surface area contributed by atoms with Gasteiger partial charge in [0.1, 0.15) is 17.6 Å². The lowest BCUT2D eigenvalue weighted by Crippen LogP contribution is -2.22. The molecule has 0 aromatic heterocycles. The van der Waals surface area contributed by atoms with Crippen LogP contribution in [0.3, 0.4) is 0 Å². The molecular formula is C23H33NO2. The lowest BCUT2D eigenvalue weighted by molar-refractivity contribution is 0.234. The first-order chi connectivity index (χ1) is 12.4. The van der Waals surface area contributed by atoms with Crippen molar-refractivity contribution in [1.29, 1.82) is 0 Å². The summed E-state index contributed by atoms with van der Waals surface area (Å²) in [6, 6.07) is 16.5. The Morgan fingerprint density at radius 3 is 2.27 bits per heavy atom. The second-order valence-corrected chi connectivity index (χ2v) is 7.59. The quantitative estimate of drug-likeness (QED) is 0.557. The van der Waals surface area contributed by atoms with Crippen molar-refractivity contribution >= 4 is 5.69 Å². The van der Waals surface area contributed by atoms with Gasteiger partial charge < -0.3 is 14.8 Å². The van der Waals surface area contributed by atoms with Gasteiger partial charge in [0.15, 0.2) is 0 Å². The molecule has 1 unspecified atom stereocenters. The van der Waals surface area contributed by atoms with Gasteiger partial charge in [-0.1, -0.05) is 45.9 Å². The van der Waals surface area contributed by atoms with Crippen LogP contribution in [0.2, 0.25) is 0 Å². The molecule has 0 aliphatic heterocycles. The highest BCUT2D eigenvalue weighted by molar-refractivity contribution is 5.48. The van der Waals surface area contributed by atoms with Crippen LogP contribution in [0, 0.1) is 5.92 Å². The van der Waals surface area contributed by atoms with E-state index in [1.807, 2.05) is 18.2 Å². The molecule has 3 heteroatoms. The van der Waals surface area contributed by atoms with Crippen LogP contribution in [0.4, 0.5) is 5.69 Å². The predicted molar refractivity (Wildman–Crippen MR) is 111 cm³/mol. The summed E-state index contributed by atoms with van der Waals surface area (Å²) < 4.78 is 11.8. The zero-order valence-electron chi connectivity index (χ0n) is 16.8. The van der Waals surface area contributed by atoms with Crippen LogP contribution in [0.15, 0.2) is 48.5 Å². The summed E-state index contributed by atoms with van der Waals surface area (Å²) in [5.41, 5.74) is 2.38. The standard InChI is InChI=1S/C23H33NO2/c1-17(2)13-14-25-23-8-6-7-21(15-23)24-16-19(5)26-22-11-9-20(10-12-22)18(3)4/h6-12,15,17-19,24H,13-14,16H2,1-5H3. The topological polar surface area (TPSA) is 30.5 Å². The molecule has 142 valence electrons. The number of benzene rings is 2. The summed E-state index contributed by atoms with van der Waals surface area (Å²) in [6.07, 6.45) is 1.14. The van der Waals surface area contributed by atoms with Crippen molar-refractivity contribution in [1.82, 2.24) is 0 Å². The Bertz CT molecular complexity index is 650. The van der Waals surface area contributed by atoms with E-state index >= 15 is 0 Å². The largest absolute Gasteiger partial charge is 0.494 e. The number of hydrogen-bond donors (Lipinski definition) is 1. The maximum absolute atomic E-state index is 6.00. The minimum atomic E-state index is 0.0745. The predicted octanol–water partition coefficient (Wildman–Crippen LogP) is 6.11. The van der Waals surface area contributed by atoms with E-state index in [0.29, 0.717) is 11.8 Å². The van der Waals surface area contributed by atoms with E-state index in [9.17, 15) is 0 Å². The molecule has 1 atom stereocenters. The lowest BCUT2D eigenvalue weighted by Gasteiger charge is -2.17. The van der Waals surface area contributed by atoms with E-state index in [2.05, 4.69) is 70.3 Å². The molecule has 0 saturated heterocycles. The second-order valence-electron chi connectivity index (χ2n) is 7.59. The fourth-order valence-corrected chi connectivity index (χ4v) is 2.58. The highest BCUT2D eigenvalue weighted by Crippen LogP contribution is 2.20. The zero-order valence-corrected chi connectivity index (χ0v) is 16.8. The molecule has 2 aromatic rings. The molecule has 0 heterocycles. The van der Waals surface area contributed by atoms with Crippen molar-refractivity contribution in [2.24, 2.45) is 5.92 Å². The molecule has 0 aliphatic carbocycles. The van der Waals surface area contributed by atoms with Crippen molar-refractivity contribution in [3.63, 3.8) is 0 Å². The molecule has 2 aromatic carbocycles. The summed E-state index contributed by atoms with van der Waals surface area (Å²) in [5.74, 6) is 3.02. The minimum Gasteiger partial charge on any atom is -0.494 e. The van der Waals surface area contributed by atoms with E-state index in [1.165, 1.54) is 5.56 Å². The Morgan fingerprint density at radius 1 is 0.885 bits per heavy atom. The van der Waals surface area contributed by atoms with Gasteiger partial charge >= 0.3 is 0 Å². The van der Waals surface area contributed by atoms with Crippen molar-refractivity contribution < 1.29 is 9.47 Å². The molecular weight excluding hydrogens is 322 g/mol. The maximum atomic E-state index is 6.00. The Labute approximate surface area is 158 Å². The summed E-state index contributed by atoms with van der Waals surface area (Å²) in [7, 11) is 0. The van der Waals surface area contributed by atoms with E-state index in [1.54, 1.807) is 0 Å². The van der Waals surface area contributed by atoms with Crippen molar-refractivity contribution in [3.05, 3.63) is 54.1 Å². The molecule has 0 bridgehead atoms. The van der Waals surface area contributed by atoms with E-state index in [4.69, 9.17) is 9.47 Å². The van der Waals surface area contributed by atoms with Gasteiger partial charge in [0.25, 0.3) is 0 Å². The minimum absolute atomic E-state index is 0.0745. The first-order valence-electron chi connectivity index (χ1n) is 9.67. The smallest absolute Gasteiger partial charge is 0.121 e. The number of rotatable bonds is 10. The van der Waals surface area contributed by atoms with Crippen LogP contribution >= 0.6 is 0 Å². The Hall–Kier alpha value is -2.16. The van der Waals surface area contributed by atoms with Gasteiger partial charge in [-0.2, -0.15) is 0 Å². The number of nitrogens with one attached hydrogen (secondary N) is 1. The molecule has 2 rings (SSSR count). The molecule has 0 aliphatic rings. The molecule has 3 nitrogen and oxygen atoms in total. The van der Waals surface area contributed by atoms with E-state index in [0.717, 1.165) is 36.8 Å². The summed E-state index contributed by atoms with van der Waals surface area (Å²) in [6.45, 7) is 12.4. The van der Waals surface area contributed by atoms with Gasteiger partial charge in [0, 0.05) is 11.8 Å². The van der Waals surface area contributed by atoms with Gasteiger partial charge in [0.2, 0.25) is 0 Å². The maximum Gasteiger partial charge on any atom is 0.121 e. The zero-order chi connectivity index (χ0) is 18.9. The third-order valence-electron chi connectivity index (χ3n) is 4.28. The van der Waals surface area contributed by atoms with Crippen molar-refractivity contribution in [3.8, 4) is 11.5 Å². The van der Waals surface area contributed by atoms with Crippen LogP contribution in [-0.4, -0.2) is 19.3 Å². The van der Waals surface area contributed by atoms with Gasteiger partial charge in [-0.3, -0.25) is 0 Å². The van der Waals surface area contributed by atoms with Crippen LogP contribution in [0.1, 0.15) is 52.5 Å². The third kappa shape index (κ3) is 6.99. The van der Waals surface area contributed by atoms with Crippen molar-refractivity contribution in [2.45, 2.75) is 53.1 Å². The average Bonchev–Trinajstić information content (AvgIpc) is 2.60. The molecule has 0 spiro atoms. The molecule has 0 fully saturated rings. The average molecular weight is 356 g/mol. The SMILES string of the molecule is CC(C)CCOc1cccc(NCC(C)Oc2ccc(C(C)C)cc2)c1. The van der Waals surface area contributed by atoms with E-state index in [-0.39, 0.29) is 6.10 Å². The monoisotopic (exact) mass is 355 g/mol. The molecule has 26 heavy (non-hydrogen) atoms. The molecule has 0 amide bonds. The summed E-state index contributed by atoms with van der Waals surface area (Å²) in [4.78, 5) is 0.